The van der Waals surface area contributed by atoms with Gasteiger partial charge in [0.2, 0.25) is 0 Å². The smallest absolute Gasteiger partial charge is 0.264 e. The largest absolute Gasteiger partial charge is 0.398 e. The number of nitrogen functional groups attached to an aromatic ring is 1. The van der Waals surface area contributed by atoms with Gasteiger partial charge in [-0.1, -0.05) is 0 Å². The van der Waals surface area contributed by atoms with Crippen LogP contribution in [0.1, 0.15) is 15.2 Å². The molecule has 1 aromatic carbocycles. The van der Waals surface area contributed by atoms with E-state index in [0.29, 0.717) is 11.3 Å². The number of thiophene rings is 1. The lowest BCUT2D eigenvalue weighted by Crippen LogP contribution is -2.46. The molecule has 0 bridgehead atoms. The second kappa shape index (κ2) is 5.22. The average Bonchev–Trinajstić information content (AvgIpc) is 2.93. The summed E-state index contributed by atoms with van der Waals surface area (Å²) in [6, 6.07) is 5.60. The van der Waals surface area contributed by atoms with Crippen LogP contribution in [0.2, 0.25) is 0 Å². The van der Waals surface area contributed by atoms with E-state index in [1.54, 1.807) is 0 Å². The van der Waals surface area contributed by atoms with Crippen LogP contribution in [0, 0.1) is 5.41 Å². The molecule has 3 rings (SSSR count). The van der Waals surface area contributed by atoms with Crippen molar-refractivity contribution in [1.82, 2.24) is 10.2 Å². The Kier molecular flexibility index (Phi) is 3.42. The highest BCUT2D eigenvalue weighted by Gasteiger charge is 2.20. The Hall–Kier alpha value is -1.92. The van der Waals surface area contributed by atoms with Crippen molar-refractivity contribution in [3.63, 3.8) is 0 Å². The Morgan fingerprint density at radius 3 is 2.85 bits per heavy atom. The van der Waals surface area contributed by atoms with Crippen molar-refractivity contribution in [1.29, 1.82) is 5.41 Å². The number of nitrogens with one attached hydrogen (secondary N) is 2. The second-order valence-corrected chi connectivity index (χ2v) is 5.86. The summed E-state index contributed by atoms with van der Waals surface area (Å²) >= 11 is 1.47. The van der Waals surface area contributed by atoms with Crippen LogP contribution in [-0.4, -0.2) is 43.2 Å². The van der Waals surface area contributed by atoms with Crippen molar-refractivity contribution in [3.05, 3.63) is 28.6 Å². The number of amides is 1. The zero-order valence-corrected chi connectivity index (χ0v) is 11.8. The monoisotopic (exact) mass is 288 g/mol. The zero-order chi connectivity index (χ0) is 14.1. The molecule has 104 valence electrons. The summed E-state index contributed by atoms with van der Waals surface area (Å²) in [6.45, 7) is 3.18. The number of hydrogen-bond donors (Lipinski definition) is 3. The van der Waals surface area contributed by atoms with Gasteiger partial charge in [-0.2, -0.15) is 0 Å². The first-order valence-corrected chi connectivity index (χ1v) is 7.35. The van der Waals surface area contributed by atoms with Gasteiger partial charge in [0.15, 0.2) is 0 Å². The molecule has 0 unspecified atom stereocenters. The molecule has 1 amide bonds. The molecule has 0 spiro atoms. The molecule has 1 fully saturated rings. The van der Waals surface area contributed by atoms with Gasteiger partial charge in [-0.15, -0.1) is 11.3 Å². The molecule has 4 N–H and O–H groups in total. The van der Waals surface area contributed by atoms with E-state index in [4.69, 9.17) is 11.1 Å². The van der Waals surface area contributed by atoms with Gasteiger partial charge in [0.25, 0.3) is 5.91 Å². The number of anilines is 1. The lowest BCUT2D eigenvalue weighted by Gasteiger charge is -2.26. The number of benzene rings is 1. The first-order chi connectivity index (χ1) is 9.70. The molecule has 2 heterocycles. The molecule has 1 aromatic heterocycles. The predicted octanol–water partition coefficient (Wildman–Crippen LogP) is 1.53. The van der Waals surface area contributed by atoms with Crippen molar-refractivity contribution in [2.75, 3.05) is 31.9 Å². The fraction of sp³-hybridized carbons (Fsp3) is 0.286. The predicted molar refractivity (Wildman–Crippen MR) is 82.9 cm³/mol. The quantitative estimate of drug-likeness (QED) is 0.579. The Bertz CT molecular complexity index is 673. The fourth-order valence-corrected chi connectivity index (χ4v) is 3.45. The highest BCUT2D eigenvalue weighted by atomic mass is 32.1. The van der Waals surface area contributed by atoms with Gasteiger partial charge >= 0.3 is 0 Å². The van der Waals surface area contributed by atoms with Crippen LogP contribution < -0.4 is 11.1 Å². The Labute approximate surface area is 120 Å². The van der Waals surface area contributed by atoms with E-state index in [9.17, 15) is 4.79 Å². The lowest BCUT2D eigenvalue weighted by molar-refractivity contribution is 0.0741. The summed E-state index contributed by atoms with van der Waals surface area (Å²) < 4.78 is 0.992. The van der Waals surface area contributed by atoms with Gasteiger partial charge < -0.3 is 21.4 Å². The fourth-order valence-electron chi connectivity index (χ4n) is 2.41. The topological polar surface area (TPSA) is 82.2 Å². The average molecular weight is 288 g/mol. The minimum absolute atomic E-state index is 0.0727. The lowest BCUT2D eigenvalue weighted by atomic mass is 10.1. The van der Waals surface area contributed by atoms with Crippen LogP contribution in [0.5, 0.6) is 0 Å². The Morgan fingerprint density at radius 1 is 1.40 bits per heavy atom. The zero-order valence-electron chi connectivity index (χ0n) is 11.0. The van der Waals surface area contributed by atoms with Crippen LogP contribution in [0.25, 0.3) is 10.1 Å². The molecule has 0 saturated carbocycles. The normalized spacial score (nSPS) is 15.5. The summed E-state index contributed by atoms with van der Waals surface area (Å²) in [5.41, 5.74) is 7.31. The van der Waals surface area contributed by atoms with Crippen LogP contribution >= 0.6 is 11.3 Å². The maximum Gasteiger partial charge on any atom is 0.264 e. The van der Waals surface area contributed by atoms with E-state index in [1.165, 1.54) is 17.6 Å². The number of nitrogens with zero attached hydrogens (tertiary/aromatic N) is 1. The second-order valence-electron chi connectivity index (χ2n) is 4.78. The summed E-state index contributed by atoms with van der Waals surface area (Å²) in [4.78, 5) is 15.0. The molecule has 1 aliphatic heterocycles. The molecular formula is C14H16N4OS. The van der Waals surface area contributed by atoms with Gasteiger partial charge in [-0.3, -0.25) is 4.79 Å². The number of carbonyl (C=O) groups is 1. The highest BCUT2D eigenvalue weighted by molar-refractivity contribution is 7.20. The third-order valence-corrected chi connectivity index (χ3v) is 4.64. The molecule has 1 aliphatic rings. The van der Waals surface area contributed by atoms with Crippen LogP contribution in [0.3, 0.4) is 0 Å². The number of carbonyl (C=O) groups excluding carboxylic acids is 1. The van der Waals surface area contributed by atoms with Crippen molar-refractivity contribution in [2.45, 2.75) is 0 Å². The summed E-state index contributed by atoms with van der Waals surface area (Å²) in [7, 11) is 0. The molecule has 0 atom stereocenters. The number of fused-ring (bicyclic) bond motifs is 1. The summed E-state index contributed by atoms with van der Waals surface area (Å²) in [6.07, 6.45) is 1.24. The van der Waals surface area contributed by atoms with E-state index < -0.39 is 0 Å². The minimum atomic E-state index is 0.0727. The van der Waals surface area contributed by atoms with Gasteiger partial charge in [0.05, 0.1) is 4.88 Å². The minimum Gasteiger partial charge on any atom is -0.398 e. The molecule has 2 aromatic rings. The van der Waals surface area contributed by atoms with E-state index in [1.807, 2.05) is 23.1 Å². The standard InChI is InChI=1S/C14H16N4OS/c15-8-9-1-2-11-10(13(9)16)7-12(20-11)14(19)18-5-3-17-4-6-18/h1-2,7-8,15,17H,3-6,16H2. The first kappa shape index (κ1) is 13.1. The van der Waals surface area contributed by atoms with Gasteiger partial charge in [-0.25, -0.2) is 0 Å². The molecular weight excluding hydrogens is 272 g/mol. The van der Waals surface area contributed by atoms with E-state index in [-0.39, 0.29) is 5.91 Å². The maximum atomic E-state index is 12.5. The number of hydrogen-bond acceptors (Lipinski definition) is 5. The number of rotatable bonds is 2. The molecule has 20 heavy (non-hydrogen) atoms. The SMILES string of the molecule is N=Cc1ccc2sc(C(=O)N3CCNCC3)cc2c1N. The van der Waals surface area contributed by atoms with Gasteiger partial charge in [0, 0.05) is 53.7 Å². The first-order valence-electron chi connectivity index (χ1n) is 6.53. The van der Waals surface area contributed by atoms with Gasteiger partial charge in [0.1, 0.15) is 0 Å². The molecule has 1 saturated heterocycles. The van der Waals surface area contributed by atoms with Crippen molar-refractivity contribution >= 4 is 39.2 Å². The van der Waals surface area contributed by atoms with Crippen molar-refractivity contribution in [2.24, 2.45) is 0 Å². The van der Waals surface area contributed by atoms with Crippen LogP contribution in [0.15, 0.2) is 18.2 Å². The van der Waals surface area contributed by atoms with Crippen molar-refractivity contribution < 1.29 is 4.79 Å². The van der Waals surface area contributed by atoms with E-state index >= 15 is 0 Å². The summed E-state index contributed by atoms with van der Waals surface area (Å²) in [5, 5.41) is 11.4. The Balaban J connectivity index is 1.98. The maximum absolute atomic E-state index is 12.5. The van der Waals surface area contributed by atoms with E-state index in [0.717, 1.165) is 41.1 Å². The number of piperazine rings is 1. The van der Waals surface area contributed by atoms with Gasteiger partial charge in [-0.05, 0) is 18.2 Å². The van der Waals surface area contributed by atoms with Crippen LogP contribution in [0.4, 0.5) is 5.69 Å². The molecule has 5 nitrogen and oxygen atoms in total. The molecule has 0 radical (unpaired) electrons. The third kappa shape index (κ3) is 2.17. The third-order valence-electron chi connectivity index (χ3n) is 3.55. The summed E-state index contributed by atoms with van der Waals surface area (Å²) in [5.74, 6) is 0.0727. The van der Waals surface area contributed by atoms with Crippen molar-refractivity contribution in [3.8, 4) is 0 Å². The Morgan fingerprint density at radius 2 is 2.15 bits per heavy atom. The van der Waals surface area contributed by atoms with E-state index in [2.05, 4.69) is 5.32 Å². The number of nitrogens with two attached hydrogens (primary N) is 1. The molecule has 6 heteroatoms. The highest BCUT2D eigenvalue weighted by Crippen LogP contribution is 2.32. The van der Waals surface area contributed by atoms with Crippen LogP contribution in [-0.2, 0) is 0 Å². The molecule has 0 aliphatic carbocycles.